The quantitative estimate of drug-likeness (QED) is 0.744. The van der Waals surface area contributed by atoms with Crippen LogP contribution in [0.15, 0.2) is 12.2 Å². The van der Waals surface area contributed by atoms with Gasteiger partial charge in [-0.1, -0.05) is 36.8 Å². The summed E-state index contributed by atoms with van der Waals surface area (Å²) in [6.07, 6.45) is 9.83. The van der Waals surface area contributed by atoms with E-state index in [0.717, 1.165) is 25.7 Å². The molecule has 0 aromatic heterocycles. The monoisotopic (exact) mass is 256 g/mol. The van der Waals surface area contributed by atoms with E-state index in [4.69, 9.17) is 0 Å². The van der Waals surface area contributed by atoms with Gasteiger partial charge in [0, 0.05) is 19.0 Å². The van der Waals surface area contributed by atoms with Crippen LogP contribution in [-0.4, -0.2) is 29.5 Å². The molecule has 96 valence electrons. The van der Waals surface area contributed by atoms with Crippen LogP contribution in [0.2, 0.25) is 0 Å². The number of carbonyl (C=O) groups is 2. The van der Waals surface area contributed by atoms with E-state index in [1.807, 2.05) is 12.2 Å². The Kier molecular flexibility index (Phi) is 6.11. The third-order valence-corrected chi connectivity index (χ3v) is 3.22. The summed E-state index contributed by atoms with van der Waals surface area (Å²) < 4.78 is 0. The van der Waals surface area contributed by atoms with Crippen molar-refractivity contribution in [3.63, 3.8) is 0 Å². The molecule has 2 N–H and O–H groups in total. The number of thioether (sulfide) groups is 1. The minimum absolute atomic E-state index is 0.00343. The molecular formula is C12H20N2O2S. The molecule has 0 fully saturated rings. The third kappa shape index (κ3) is 5.77. The first kappa shape index (κ1) is 14.1. The van der Waals surface area contributed by atoms with E-state index >= 15 is 0 Å². The zero-order chi connectivity index (χ0) is 12.7. The van der Waals surface area contributed by atoms with Crippen LogP contribution in [0.3, 0.4) is 0 Å². The molecule has 4 nitrogen and oxygen atoms in total. The lowest BCUT2D eigenvalue weighted by molar-refractivity contribution is -0.119. The van der Waals surface area contributed by atoms with E-state index < -0.39 is 0 Å². The van der Waals surface area contributed by atoms with Crippen LogP contribution in [0, 0.1) is 0 Å². The predicted octanol–water partition coefficient (Wildman–Crippen LogP) is 2.06. The summed E-state index contributed by atoms with van der Waals surface area (Å²) in [5.41, 5.74) is 0. The van der Waals surface area contributed by atoms with Crippen molar-refractivity contribution in [2.45, 2.75) is 44.7 Å². The van der Waals surface area contributed by atoms with Crippen LogP contribution in [0.5, 0.6) is 0 Å². The Morgan fingerprint density at radius 3 is 2.12 bits per heavy atom. The smallest absolute Gasteiger partial charge is 0.279 e. The van der Waals surface area contributed by atoms with Gasteiger partial charge in [-0.25, -0.2) is 0 Å². The van der Waals surface area contributed by atoms with Gasteiger partial charge < -0.3 is 10.6 Å². The maximum Gasteiger partial charge on any atom is 0.279 e. The van der Waals surface area contributed by atoms with Gasteiger partial charge in [-0.3, -0.25) is 9.59 Å². The van der Waals surface area contributed by atoms with Gasteiger partial charge in [-0.15, -0.1) is 0 Å². The first-order valence-electron chi connectivity index (χ1n) is 5.91. The minimum atomic E-state index is -0.00933. The molecule has 0 bridgehead atoms. The molecule has 2 amide bonds. The highest BCUT2D eigenvalue weighted by Gasteiger charge is 2.13. The molecule has 0 heterocycles. The lowest BCUT2D eigenvalue weighted by Gasteiger charge is -2.20. The highest BCUT2D eigenvalue weighted by Crippen LogP contribution is 2.13. The number of rotatable bonds is 2. The topological polar surface area (TPSA) is 58.2 Å². The van der Waals surface area contributed by atoms with E-state index in [1.165, 1.54) is 18.7 Å². The predicted molar refractivity (Wildman–Crippen MR) is 71.0 cm³/mol. The van der Waals surface area contributed by atoms with Crippen molar-refractivity contribution < 1.29 is 9.59 Å². The molecule has 0 aromatic carbocycles. The molecule has 0 saturated carbocycles. The Morgan fingerprint density at radius 1 is 1.12 bits per heavy atom. The van der Waals surface area contributed by atoms with E-state index in [-0.39, 0.29) is 23.2 Å². The number of carbonyl (C=O) groups excluding carboxylic acids is 2. The first-order chi connectivity index (χ1) is 8.11. The zero-order valence-electron chi connectivity index (χ0n) is 10.4. The molecule has 0 aliphatic heterocycles. The Labute approximate surface area is 107 Å². The number of hydrogen-bond acceptors (Lipinski definition) is 3. The second kappa shape index (κ2) is 7.37. The summed E-state index contributed by atoms with van der Waals surface area (Å²) in [5, 5.41) is 5.82. The van der Waals surface area contributed by atoms with Crippen molar-refractivity contribution in [1.82, 2.24) is 10.6 Å². The van der Waals surface area contributed by atoms with Gasteiger partial charge in [0.15, 0.2) is 0 Å². The molecule has 1 rings (SSSR count). The average molecular weight is 256 g/mol. The summed E-state index contributed by atoms with van der Waals surface area (Å²) in [7, 11) is 0. The molecule has 0 aromatic rings. The van der Waals surface area contributed by atoms with Crippen LogP contribution in [0.25, 0.3) is 0 Å². The molecule has 0 saturated heterocycles. The van der Waals surface area contributed by atoms with Gasteiger partial charge >= 0.3 is 0 Å². The SMILES string of the molecule is CSC(=O)NC1/C=C/C(NC(C)=O)CCCC1. The molecule has 2 unspecified atom stereocenters. The Morgan fingerprint density at radius 2 is 1.65 bits per heavy atom. The zero-order valence-corrected chi connectivity index (χ0v) is 11.2. The highest BCUT2D eigenvalue weighted by molar-refractivity contribution is 8.12. The van der Waals surface area contributed by atoms with Crippen LogP contribution in [-0.2, 0) is 4.79 Å². The van der Waals surface area contributed by atoms with Gasteiger partial charge in [-0.05, 0) is 19.1 Å². The Hall–Kier alpha value is -0.970. The van der Waals surface area contributed by atoms with E-state index in [1.54, 1.807) is 6.26 Å². The second-order valence-corrected chi connectivity index (χ2v) is 5.00. The largest absolute Gasteiger partial charge is 0.350 e. The van der Waals surface area contributed by atoms with Crippen molar-refractivity contribution in [3.8, 4) is 0 Å². The van der Waals surface area contributed by atoms with Gasteiger partial charge in [0.05, 0.1) is 0 Å². The highest BCUT2D eigenvalue weighted by atomic mass is 32.2. The second-order valence-electron chi connectivity index (χ2n) is 4.22. The first-order valence-corrected chi connectivity index (χ1v) is 7.14. The number of hydrogen-bond donors (Lipinski definition) is 2. The minimum Gasteiger partial charge on any atom is -0.350 e. The van der Waals surface area contributed by atoms with Crippen molar-refractivity contribution in [2.75, 3.05) is 6.26 Å². The summed E-state index contributed by atoms with van der Waals surface area (Å²) in [6.45, 7) is 1.53. The lowest BCUT2D eigenvalue weighted by Crippen LogP contribution is -2.35. The van der Waals surface area contributed by atoms with Crippen LogP contribution in [0.4, 0.5) is 4.79 Å². The number of nitrogens with one attached hydrogen (secondary N) is 2. The Balaban J connectivity index is 2.53. The third-order valence-electron chi connectivity index (χ3n) is 2.73. The van der Waals surface area contributed by atoms with Crippen molar-refractivity contribution in [2.24, 2.45) is 0 Å². The lowest BCUT2D eigenvalue weighted by atomic mass is 9.99. The van der Waals surface area contributed by atoms with Gasteiger partial charge in [0.25, 0.3) is 5.24 Å². The molecule has 2 atom stereocenters. The normalized spacial score (nSPS) is 26.5. The molecule has 1 aliphatic rings. The van der Waals surface area contributed by atoms with E-state index in [9.17, 15) is 9.59 Å². The molecular weight excluding hydrogens is 236 g/mol. The standard InChI is InChI=1S/C12H20N2O2S/c1-9(15)13-10-5-3-4-6-11(8-7-10)14-12(16)17-2/h7-8,10-11H,3-6H2,1-2H3,(H,13,15)(H,14,16)/b8-7+. The van der Waals surface area contributed by atoms with Gasteiger partial charge in [-0.2, -0.15) is 0 Å². The maximum absolute atomic E-state index is 11.3. The van der Waals surface area contributed by atoms with Crippen LogP contribution >= 0.6 is 11.8 Å². The molecule has 0 spiro atoms. The molecule has 1 aliphatic carbocycles. The fourth-order valence-electron chi connectivity index (χ4n) is 1.90. The van der Waals surface area contributed by atoms with Crippen LogP contribution in [0.1, 0.15) is 32.6 Å². The summed E-state index contributed by atoms with van der Waals surface area (Å²) in [4.78, 5) is 22.3. The van der Waals surface area contributed by atoms with Crippen molar-refractivity contribution >= 4 is 22.9 Å². The van der Waals surface area contributed by atoms with Crippen molar-refractivity contribution in [3.05, 3.63) is 12.2 Å². The maximum atomic E-state index is 11.3. The van der Waals surface area contributed by atoms with Gasteiger partial charge in [0.2, 0.25) is 5.91 Å². The fraction of sp³-hybridized carbons (Fsp3) is 0.667. The van der Waals surface area contributed by atoms with Crippen LogP contribution < -0.4 is 10.6 Å². The van der Waals surface area contributed by atoms with Gasteiger partial charge in [0.1, 0.15) is 0 Å². The fourth-order valence-corrected chi connectivity index (χ4v) is 2.17. The Bertz CT molecular complexity index is 305. The summed E-state index contributed by atoms with van der Waals surface area (Å²) in [5.74, 6) is -0.00933. The molecule has 0 radical (unpaired) electrons. The summed E-state index contributed by atoms with van der Waals surface area (Å²) in [6, 6.07) is 0.188. The van der Waals surface area contributed by atoms with E-state index in [2.05, 4.69) is 10.6 Å². The van der Waals surface area contributed by atoms with E-state index in [0.29, 0.717) is 0 Å². The molecule has 17 heavy (non-hydrogen) atoms. The average Bonchev–Trinajstić information content (AvgIpc) is 2.26. The number of amides is 2. The molecule has 5 heteroatoms. The van der Waals surface area contributed by atoms with Crippen molar-refractivity contribution in [1.29, 1.82) is 0 Å². The summed E-state index contributed by atoms with van der Waals surface area (Å²) >= 11 is 1.19.